The van der Waals surface area contributed by atoms with Crippen molar-refractivity contribution < 1.29 is 19.7 Å². The van der Waals surface area contributed by atoms with Crippen molar-refractivity contribution in [1.82, 2.24) is 0 Å². The van der Waals surface area contributed by atoms with Gasteiger partial charge in [0, 0.05) is 0 Å². The molecule has 1 aromatic rings. The van der Waals surface area contributed by atoms with Crippen molar-refractivity contribution in [3.63, 3.8) is 0 Å². The van der Waals surface area contributed by atoms with E-state index >= 15 is 0 Å². The standard InChI is InChI=1S/C8H9N3O4/c1-15-7-5(10-11-9)3-2-4(6(7)12)8(13)14/h2-3,12H,1H3,(H2,9,10)(H,13,14). The normalized spacial score (nSPS) is 10.5. The number of hydrogen-bond donors (Lipinski definition) is 3. The Morgan fingerprint density at radius 2 is 2.20 bits per heavy atom. The predicted octanol–water partition coefficient (Wildman–Crippen LogP) is 1.06. The molecule has 0 radical (unpaired) electrons. The lowest BCUT2D eigenvalue weighted by atomic mass is 10.1. The van der Waals surface area contributed by atoms with Crippen LogP contribution in [0.5, 0.6) is 11.5 Å². The Morgan fingerprint density at radius 1 is 1.53 bits per heavy atom. The van der Waals surface area contributed by atoms with E-state index in [1.807, 2.05) is 0 Å². The van der Waals surface area contributed by atoms with Gasteiger partial charge in [0.25, 0.3) is 0 Å². The summed E-state index contributed by atoms with van der Waals surface area (Å²) in [6.07, 6.45) is 0. The molecule has 1 aromatic carbocycles. The minimum atomic E-state index is -1.26. The Morgan fingerprint density at radius 3 is 2.67 bits per heavy atom. The van der Waals surface area contributed by atoms with Crippen LogP contribution >= 0.6 is 0 Å². The van der Waals surface area contributed by atoms with Crippen LogP contribution in [0, 0.1) is 0 Å². The molecule has 7 nitrogen and oxygen atoms in total. The van der Waals surface area contributed by atoms with Crippen molar-refractivity contribution in [2.45, 2.75) is 0 Å². The first kappa shape index (κ1) is 10.8. The molecule has 0 bridgehead atoms. The summed E-state index contributed by atoms with van der Waals surface area (Å²) in [5, 5.41) is 24.7. The van der Waals surface area contributed by atoms with E-state index in [-0.39, 0.29) is 17.0 Å². The van der Waals surface area contributed by atoms with Crippen LogP contribution in [0.4, 0.5) is 5.69 Å². The number of phenols is 1. The minimum absolute atomic E-state index is 0.0795. The molecule has 0 aliphatic rings. The summed E-state index contributed by atoms with van der Waals surface area (Å²) in [6, 6.07) is 2.52. The van der Waals surface area contributed by atoms with E-state index in [1.54, 1.807) is 0 Å². The van der Waals surface area contributed by atoms with Crippen molar-refractivity contribution in [2.75, 3.05) is 7.11 Å². The maximum atomic E-state index is 10.7. The third kappa shape index (κ3) is 1.96. The number of rotatable bonds is 3. The number of benzene rings is 1. The van der Waals surface area contributed by atoms with Crippen molar-refractivity contribution in [3.8, 4) is 11.5 Å². The van der Waals surface area contributed by atoms with E-state index in [0.29, 0.717) is 0 Å². The average molecular weight is 211 g/mol. The fraction of sp³-hybridized carbons (Fsp3) is 0.125. The molecule has 80 valence electrons. The van der Waals surface area contributed by atoms with Gasteiger partial charge in [-0.3, -0.25) is 0 Å². The quantitative estimate of drug-likeness (QED) is 0.392. The van der Waals surface area contributed by atoms with E-state index < -0.39 is 11.7 Å². The summed E-state index contributed by atoms with van der Waals surface area (Å²) in [5.74, 6) is 2.99. The van der Waals surface area contributed by atoms with Crippen molar-refractivity contribution in [3.05, 3.63) is 17.7 Å². The molecular weight excluding hydrogens is 202 g/mol. The maximum Gasteiger partial charge on any atom is 0.339 e. The first-order valence-corrected chi connectivity index (χ1v) is 3.86. The lowest BCUT2D eigenvalue weighted by molar-refractivity contribution is 0.0693. The van der Waals surface area contributed by atoms with Crippen LogP contribution in [-0.2, 0) is 0 Å². The zero-order valence-corrected chi connectivity index (χ0v) is 7.84. The van der Waals surface area contributed by atoms with Crippen LogP contribution in [0.1, 0.15) is 10.4 Å². The van der Waals surface area contributed by atoms with Gasteiger partial charge in [-0.2, -0.15) is 0 Å². The smallest absolute Gasteiger partial charge is 0.339 e. The van der Waals surface area contributed by atoms with Crippen LogP contribution in [0.3, 0.4) is 0 Å². The number of carboxylic acids is 1. The zero-order chi connectivity index (χ0) is 11.4. The topological polar surface area (TPSA) is 118 Å². The predicted molar refractivity (Wildman–Crippen MR) is 50.3 cm³/mol. The Bertz CT molecular complexity index is 417. The highest BCUT2D eigenvalue weighted by Crippen LogP contribution is 2.39. The molecule has 7 heteroatoms. The van der Waals surface area contributed by atoms with Gasteiger partial charge in [0.05, 0.1) is 7.11 Å². The third-order valence-corrected chi connectivity index (χ3v) is 1.71. The lowest BCUT2D eigenvalue weighted by Crippen LogP contribution is -1.98. The minimum Gasteiger partial charge on any atom is -0.504 e. The van der Waals surface area contributed by atoms with Gasteiger partial charge >= 0.3 is 5.97 Å². The van der Waals surface area contributed by atoms with Gasteiger partial charge in [0.1, 0.15) is 11.3 Å². The first-order chi connectivity index (χ1) is 7.11. The summed E-state index contributed by atoms with van der Waals surface area (Å²) < 4.78 is 4.80. The van der Waals surface area contributed by atoms with Crippen molar-refractivity contribution in [1.29, 1.82) is 0 Å². The first-order valence-electron chi connectivity index (χ1n) is 3.86. The SMILES string of the molecule is COc1c(N=NN)ccc(C(=O)O)c1O. The van der Waals surface area contributed by atoms with Crippen molar-refractivity contribution in [2.24, 2.45) is 16.2 Å². The number of methoxy groups -OCH3 is 1. The van der Waals surface area contributed by atoms with E-state index in [1.165, 1.54) is 19.2 Å². The van der Waals surface area contributed by atoms with Crippen LogP contribution in [0.15, 0.2) is 22.5 Å². The molecule has 0 spiro atoms. The van der Waals surface area contributed by atoms with Gasteiger partial charge in [0.2, 0.25) is 0 Å². The molecule has 0 aliphatic carbocycles. The fourth-order valence-electron chi connectivity index (χ4n) is 1.08. The second kappa shape index (κ2) is 4.27. The van der Waals surface area contributed by atoms with Crippen LogP contribution in [0.2, 0.25) is 0 Å². The molecule has 0 aliphatic heterocycles. The number of carboxylic acid groups (broad SMARTS) is 1. The zero-order valence-electron chi connectivity index (χ0n) is 7.84. The molecule has 0 amide bonds. The van der Waals surface area contributed by atoms with Crippen molar-refractivity contribution >= 4 is 11.7 Å². The highest BCUT2D eigenvalue weighted by molar-refractivity contribution is 5.93. The highest BCUT2D eigenvalue weighted by atomic mass is 16.5. The molecule has 0 aromatic heterocycles. The molecule has 0 saturated heterocycles. The Hall–Kier alpha value is -2.31. The summed E-state index contributed by atoms with van der Waals surface area (Å²) >= 11 is 0. The van der Waals surface area contributed by atoms with Gasteiger partial charge in [0.15, 0.2) is 11.5 Å². The average Bonchev–Trinajstić information content (AvgIpc) is 2.18. The summed E-state index contributed by atoms with van der Waals surface area (Å²) in [5.41, 5.74) is -0.120. The molecule has 0 unspecified atom stereocenters. The highest BCUT2D eigenvalue weighted by Gasteiger charge is 2.17. The number of hydrogen-bond acceptors (Lipinski definition) is 5. The lowest BCUT2D eigenvalue weighted by Gasteiger charge is -2.07. The van der Waals surface area contributed by atoms with E-state index in [4.69, 9.17) is 15.7 Å². The number of ether oxygens (including phenoxy) is 1. The molecular formula is C8H9N3O4. The summed E-state index contributed by atoms with van der Waals surface area (Å²) in [7, 11) is 1.27. The Kier molecular flexibility index (Phi) is 3.06. The van der Waals surface area contributed by atoms with E-state index in [2.05, 4.69) is 10.3 Å². The number of aromatic carboxylic acids is 1. The Balaban J connectivity index is 3.38. The monoisotopic (exact) mass is 211 g/mol. The number of nitrogens with zero attached hydrogens (tertiary/aromatic N) is 2. The van der Waals surface area contributed by atoms with Crippen LogP contribution in [0.25, 0.3) is 0 Å². The third-order valence-electron chi connectivity index (χ3n) is 1.71. The van der Waals surface area contributed by atoms with E-state index in [9.17, 15) is 9.90 Å². The van der Waals surface area contributed by atoms with Gasteiger partial charge in [-0.05, 0) is 12.1 Å². The second-order valence-electron chi connectivity index (χ2n) is 2.53. The molecule has 0 saturated carbocycles. The molecule has 0 heterocycles. The van der Waals surface area contributed by atoms with Gasteiger partial charge in [-0.25, -0.2) is 4.79 Å². The molecule has 0 fully saturated rings. The molecule has 0 atom stereocenters. The van der Waals surface area contributed by atoms with Gasteiger partial charge < -0.3 is 20.8 Å². The molecule has 15 heavy (non-hydrogen) atoms. The maximum absolute atomic E-state index is 10.7. The number of nitrogens with two attached hydrogens (primary N) is 1. The van der Waals surface area contributed by atoms with Gasteiger partial charge in [-0.15, -0.1) is 5.11 Å². The molecule has 4 N–H and O–H groups in total. The number of carbonyl (C=O) groups is 1. The van der Waals surface area contributed by atoms with E-state index in [0.717, 1.165) is 0 Å². The largest absolute Gasteiger partial charge is 0.504 e. The van der Waals surface area contributed by atoms with Gasteiger partial charge in [-0.1, -0.05) is 5.22 Å². The summed E-state index contributed by atoms with van der Waals surface area (Å²) in [6.45, 7) is 0. The Labute approximate surface area is 84.8 Å². The van der Waals surface area contributed by atoms with Crippen LogP contribution < -0.4 is 10.6 Å². The second-order valence-corrected chi connectivity index (χ2v) is 2.53. The fourth-order valence-corrected chi connectivity index (χ4v) is 1.08. The molecule has 1 rings (SSSR count). The summed E-state index contributed by atoms with van der Waals surface area (Å²) in [4.78, 5) is 10.7. The van der Waals surface area contributed by atoms with Crippen LogP contribution in [-0.4, -0.2) is 23.3 Å². The number of aromatic hydroxyl groups is 1.